The molecule has 1 fully saturated rings. The van der Waals surface area contributed by atoms with Gasteiger partial charge in [0.1, 0.15) is 0 Å². The second kappa shape index (κ2) is 6.24. The minimum atomic E-state index is -0.924. The molecule has 0 saturated carbocycles. The molecule has 7 nitrogen and oxygen atoms in total. The van der Waals surface area contributed by atoms with E-state index >= 15 is 0 Å². The molecule has 1 aromatic heterocycles. The Morgan fingerprint density at radius 3 is 2.79 bits per heavy atom. The monoisotopic (exact) mass is 348 g/mol. The van der Waals surface area contributed by atoms with E-state index in [-0.39, 0.29) is 18.1 Å². The highest BCUT2D eigenvalue weighted by molar-refractivity contribution is 6.32. The molecule has 0 radical (unpaired) electrons. The number of amides is 1. The average Bonchev–Trinajstić information content (AvgIpc) is 3.04. The van der Waals surface area contributed by atoms with Crippen LogP contribution in [0, 0.1) is 5.41 Å². The minimum Gasteiger partial charge on any atom is -0.481 e. The molecule has 1 atom stereocenters. The lowest BCUT2D eigenvalue weighted by atomic mass is 9.82. The number of piperidine rings is 1. The molecule has 0 bridgehead atoms. The molecule has 1 aromatic carbocycles. The summed E-state index contributed by atoms with van der Waals surface area (Å²) >= 11 is 6.12. The largest absolute Gasteiger partial charge is 0.481 e. The van der Waals surface area contributed by atoms with Crippen molar-refractivity contribution in [1.29, 1.82) is 0 Å². The fourth-order valence-corrected chi connectivity index (χ4v) is 3.09. The first-order valence-electron chi connectivity index (χ1n) is 7.61. The van der Waals surface area contributed by atoms with Crippen molar-refractivity contribution in [2.45, 2.75) is 19.8 Å². The van der Waals surface area contributed by atoms with Gasteiger partial charge in [0.2, 0.25) is 0 Å². The maximum absolute atomic E-state index is 12.6. The van der Waals surface area contributed by atoms with Gasteiger partial charge in [0.15, 0.2) is 5.69 Å². The van der Waals surface area contributed by atoms with E-state index in [1.807, 2.05) is 6.07 Å². The molecule has 2 heterocycles. The highest BCUT2D eigenvalue weighted by atomic mass is 35.5. The summed E-state index contributed by atoms with van der Waals surface area (Å²) < 4.78 is 1.44. The molecule has 8 heteroatoms. The number of rotatable bonds is 3. The first kappa shape index (κ1) is 16.4. The first-order valence-corrected chi connectivity index (χ1v) is 7.98. The zero-order valence-corrected chi connectivity index (χ0v) is 13.9. The molecule has 1 aliphatic rings. The van der Waals surface area contributed by atoms with Crippen molar-refractivity contribution in [2.24, 2.45) is 5.41 Å². The number of carboxylic acids is 1. The number of halogens is 1. The van der Waals surface area contributed by atoms with Gasteiger partial charge in [-0.2, -0.15) is 0 Å². The molecule has 2 aromatic rings. The van der Waals surface area contributed by atoms with Crippen LogP contribution in [0.25, 0.3) is 5.69 Å². The number of aliphatic carboxylic acids is 1. The third-order valence-corrected chi connectivity index (χ3v) is 4.63. The van der Waals surface area contributed by atoms with E-state index in [2.05, 4.69) is 10.3 Å². The summed E-state index contributed by atoms with van der Waals surface area (Å²) in [6.45, 7) is 2.34. The Balaban J connectivity index is 1.81. The molecule has 1 unspecified atom stereocenters. The van der Waals surface area contributed by atoms with Crippen molar-refractivity contribution >= 4 is 23.5 Å². The Hall–Kier alpha value is -2.41. The van der Waals surface area contributed by atoms with Gasteiger partial charge in [-0.1, -0.05) is 28.9 Å². The molecular weight excluding hydrogens is 332 g/mol. The number of para-hydroxylation sites is 1. The standard InChI is InChI=1S/C16H17ClN4O3/c1-16(15(23)24)7-4-8-20(10-16)14(22)12-9-21(19-18-12)13-6-3-2-5-11(13)17/h2-3,5-6,9H,4,7-8,10H2,1H3,(H,23,24). The quantitative estimate of drug-likeness (QED) is 0.919. The van der Waals surface area contributed by atoms with Crippen LogP contribution in [0.15, 0.2) is 30.5 Å². The van der Waals surface area contributed by atoms with Crippen LogP contribution in [-0.2, 0) is 4.79 Å². The SMILES string of the molecule is CC1(C(=O)O)CCCN(C(=O)c2cn(-c3ccccc3Cl)nn2)C1. The van der Waals surface area contributed by atoms with Gasteiger partial charge in [-0.25, -0.2) is 4.68 Å². The number of benzene rings is 1. The molecule has 0 aliphatic carbocycles. The predicted octanol–water partition coefficient (Wildman–Crippen LogP) is 2.25. The third kappa shape index (κ3) is 2.99. The van der Waals surface area contributed by atoms with E-state index in [1.54, 1.807) is 25.1 Å². The fourth-order valence-electron chi connectivity index (χ4n) is 2.87. The van der Waals surface area contributed by atoms with Gasteiger partial charge in [0, 0.05) is 13.1 Å². The van der Waals surface area contributed by atoms with E-state index in [9.17, 15) is 14.7 Å². The Morgan fingerprint density at radius 1 is 1.33 bits per heavy atom. The number of carbonyl (C=O) groups excluding carboxylic acids is 1. The Labute approximate surface area is 143 Å². The second-order valence-corrected chi connectivity index (χ2v) is 6.60. The van der Waals surface area contributed by atoms with Crippen LogP contribution >= 0.6 is 11.6 Å². The summed E-state index contributed by atoms with van der Waals surface area (Å²) in [6, 6.07) is 7.11. The van der Waals surface area contributed by atoms with Gasteiger partial charge in [-0.15, -0.1) is 5.10 Å². The highest BCUT2D eigenvalue weighted by Gasteiger charge is 2.40. The van der Waals surface area contributed by atoms with Crippen LogP contribution < -0.4 is 0 Å². The molecule has 1 N–H and O–H groups in total. The lowest BCUT2D eigenvalue weighted by Crippen LogP contribution is -2.48. The second-order valence-electron chi connectivity index (χ2n) is 6.20. The van der Waals surface area contributed by atoms with Gasteiger partial charge in [-0.3, -0.25) is 9.59 Å². The summed E-state index contributed by atoms with van der Waals surface area (Å²) in [6.07, 6.45) is 2.71. The van der Waals surface area contributed by atoms with E-state index in [1.165, 1.54) is 15.8 Å². The van der Waals surface area contributed by atoms with Crippen LogP contribution in [0.4, 0.5) is 0 Å². The van der Waals surface area contributed by atoms with Crippen molar-refractivity contribution in [3.05, 3.63) is 41.2 Å². The smallest absolute Gasteiger partial charge is 0.311 e. The van der Waals surface area contributed by atoms with Crippen molar-refractivity contribution in [2.75, 3.05) is 13.1 Å². The topological polar surface area (TPSA) is 88.3 Å². The van der Waals surface area contributed by atoms with E-state index in [0.717, 1.165) is 0 Å². The number of likely N-dealkylation sites (tertiary alicyclic amines) is 1. The van der Waals surface area contributed by atoms with Crippen molar-refractivity contribution < 1.29 is 14.7 Å². The summed E-state index contributed by atoms with van der Waals surface area (Å²) in [5, 5.41) is 17.7. The van der Waals surface area contributed by atoms with Gasteiger partial charge in [0.05, 0.1) is 22.3 Å². The summed E-state index contributed by atoms with van der Waals surface area (Å²) in [7, 11) is 0. The summed E-state index contributed by atoms with van der Waals surface area (Å²) in [5.41, 5.74) is -0.128. The summed E-state index contributed by atoms with van der Waals surface area (Å²) in [4.78, 5) is 25.6. The molecule has 1 saturated heterocycles. The Kier molecular flexibility index (Phi) is 4.28. The van der Waals surface area contributed by atoms with Gasteiger partial charge in [-0.05, 0) is 31.9 Å². The van der Waals surface area contributed by atoms with Crippen LogP contribution in [0.3, 0.4) is 0 Å². The maximum atomic E-state index is 12.6. The number of nitrogens with zero attached hydrogens (tertiary/aromatic N) is 4. The van der Waals surface area contributed by atoms with E-state index in [0.29, 0.717) is 30.1 Å². The molecular formula is C16H17ClN4O3. The van der Waals surface area contributed by atoms with Crippen molar-refractivity contribution in [1.82, 2.24) is 19.9 Å². The maximum Gasteiger partial charge on any atom is 0.311 e. The lowest BCUT2D eigenvalue weighted by Gasteiger charge is -2.37. The normalized spacial score (nSPS) is 20.8. The van der Waals surface area contributed by atoms with Crippen LogP contribution in [0.2, 0.25) is 5.02 Å². The number of carbonyl (C=O) groups is 2. The molecule has 3 rings (SSSR count). The average molecular weight is 349 g/mol. The molecule has 24 heavy (non-hydrogen) atoms. The molecule has 1 amide bonds. The Morgan fingerprint density at radius 2 is 2.08 bits per heavy atom. The highest BCUT2D eigenvalue weighted by Crippen LogP contribution is 2.30. The van der Waals surface area contributed by atoms with Crippen LogP contribution in [0.1, 0.15) is 30.3 Å². The minimum absolute atomic E-state index is 0.167. The zero-order valence-electron chi connectivity index (χ0n) is 13.1. The first-order chi connectivity index (χ1) is 11.4. The van der Waals surface area contributed by atoms with E-state index < -0.39 is 11.4 Å². The zero-order chi connectivity index (χ0) is 17.3. The van der Waals surface area contributed by atoms with Gasteiger partial charge < -0.3 is 10.0 Å². The summed E-state index contributed by atoms with van der Waals surface area (Å²) in [5.74, 6) is -1.21. The van der Waals surface area contributed by atoms with Crippen molar-refractivity contribution in [3.63, 3.8) is 0 Å². The van der Waals surface area contributed by atoms with E-state index in [4.69, 9.17) is 11.6 Å². The number of hydrogen-bond acceptors (Lipinski definition) is 4. The van der Waals surface area contributed by atoms with Crippen molar-refractivity contribution in [3.8, 4) is 5.69 Å². The number of aromatic nitrogens is 3. The number of carboxylic acid groups (broad SMARTS) is 1. The van der Waals surface area contributed by atoms with Crippen LogP contribution in [-0.4, -0.2) is 50.0 Å². The van der Waals surface area contributed by atoms with Gasteiger partial charge in [0.25, 0.3) is 5.91 Å². The lowest BCUT2D eigenvalue weighted by molar-refractivity contribution is -0.150. The molecule has 0 spiro atoms. The third-order valence-electron chi connectivity index (χ3n) is 4.31. The van der Waals surface area contributed by atoms with Gasteiger partial charge >= 0.3 is 5.97 Å². The molecule has 1 aliphatic heterocycles. The molecule has 126 valence electrons. The van der Waals surface area contributed by atoms with Crippen LogP contribution in [0.5, 0.6) is 0 Å². The number of hydrogen-bond donors (Lipinski definition) is 1. The predicted molar refractivity (Wildman–Crippen MR) is 87.2 cm³/mol. The fraction of sp³-hybridized carbons (Fsp3) is 0.375. The Bertz CT molecular complexity index is 791.